The lowest BCUT2D eigenvalue weighted by atomic mass is 10.1. The number of likely N-dealkylation sites (tertiary alicyclic amines) is 1. The zero-order valence-corrected chi connectivity index (χ0v) is 14.0. The van der Waals surface area contributed by atoms with E-state index in [-0.39, 0.29) is 24.9 Å². The average molecular weight is 333 g/mol. The average Bonchev–Trinajstić information content (AvgIpc) is 2.48. The van der Waals surface area contributed by atoms with Crippen molar-refractivity contribution in [2.24, 2.45) is 0 Å². The van der Waals surface area contributed by atoms with E-state index in [1.54, 1.807) is 12.1 Å². The minimum Gasteiger partial charge on any atom is -0.484 e. The standard InChI is InChI=1S/C15H21ClN2O2.ClH/c1-11-8-13(5-6-14(11)16)20-10-15(19)18-7-3-4-12(9-18)17-2;/h5-6,8,12,17H,3-4,7,9-10H2,1-2H3;1H. The van der Waals surface area contributed by atoms with Crippen LogP contribution >= 0.6 is 24.0 Å². The third kappa shape index (κ3) is 5.06. The highest BCUT2D eigenvalue weighted by Crippen LogP contribution is 2.21. The number of carbonyl (C=O) groups is 1. The first-order chi connectivity index (χ1) is 9.60. The Morgan fingerprint density at radius 3 is 2.95 bits per heavy atom. The fourth-order valence-electron chi connectivity index (χ4n) is 2.38. The van der Waals surface area contributed by atoms with E-state index in [4.69, 9.17) is 16.3 Å². The number of rotatable bonds is 4. The number of ether oxygens (including phenoxy) is 1. The lowest BCUT2D eigenvalue weighted by Gasteiger charge is -2.32. The SMILES string of the molecule is CNC1CCCN(C(=O)COc2ccc(Cl)c(C)c2)C1.Cl. The van der Waals surface area contributed by atoms with E-state index in [0.717, 1.165) is 31.5 Å². The van der Waals surface area contributed by atoms with Crippen LogP contribution in [0.3, 0.4) is 0 Å². The van der Waals surface area contributed by atoms with Gasteiger partial charge in [-0.2, -0.15) is 0 Å². The van der Waals surface area contributed by atoms with Crippen LogP contribution in [-0.4, -0.2) is 43.6 Å². The van der Waals surface area contributed by atoms with Gasteiger partial charge in [0.05, 0.1) is 0 Å². The second kappa shape index (κ2) is 8.47. The lowest BCUT2D eigenvalue weighted by molar-refractivity contribution is -0.134. The molecule has 6 heteroatoms. The number of nitrogens with one attached hydrogen (secondary N) is 1. The molecule has 1 amide bonds. The molecule has 0 aromatic heterocycles. The van der Waals surface area contributed by atoms with Gasteiger partial charge in [0, 0.05) is 24.2 Å². The fourth-order valence-corrected chi connectivity index (χ4v) is 2.50. The Balaban J connectivity index is 0.00000220. The van der Waals surface area contributed by atoms with Gasteiger partial charge in [-0.25, -0.2) is 0 Å². The summed E-state index contributed by atoms with van der Waals surface area (Å²) < 4.78 is 5.56. The summed E-state index contributed by atoms with van der Waals surface area (Å²) in [4.78, 5) is 14.0. The number of amides is 1. The summed E-state index contributed by atoms with van der Waals surface area (Å²) in [7, 11) is 1.94. The molecule has 2 rings (SSSR count). The van der Waals surface area contributed by atoms with Gasteiger partial charge in [-0.05, 0) is 50.6 Å². The molecule has 1 aliphatic rings. The van der Waals surface area contributed by atoms with E-state index >= 15 is 0 Å². The van der Waals surface area contributed by atoms with Crippen LogP contribution in [-0.2, 0) is 4.79 Å². The maximum Gasteiger partial charge on any atom is 0.260 e. The molecule has 0 saturated carbocycles. The van der Waals surface area contributed by atoms with E-state index in [1.807, 2.05) is 24.9 Å². The van der Waals surface area contributed by atoms with E-state index in [1.165, 1.54) is 0 Å². The largest absolute Gasteiger partial charge is 0.484 e. The molecule has 1 N–H and O–H groups in total. The van der Waals surface area contributed by atoms with Crippen LogP contribution in [0.5, 0.6) is 5.75 Å². The second-order valence-corrected chi connectivity index (χ2v) is 5.57. The highest BCUT2D eigenvalue weighted by Gasteiger charge is 2.22. The van der Waals surface area contributed by atoms with Crippen molar-refractivity contribution < 1.29 is 9.53 Å². The monoisotopic (exact) mass is 332 g/mol. The molecular formula is C15H22Cl2N2O2. The number of benzene rings is 1. The van der Waals surface area contributed by atoms with Crippen LogP contribution in [0.2, 0.25) is 5.02 Å². The Hall–Kier alpha value is -0.970. The van der Waals surface area contributed by atoms with Gasteiger partial charge >= 0.3 is 0 Å². The maximum absolute atomic E-state index is 12.1. The summed E-state index contributed by atoms with van der Waals surface area (Å²) in [6, 6.07) is 5.82. The first-order valence-electron chi connectivity index (χ1n) is 6.94. The number of carbonyl (C=O) groups excluding carboxylic acids is 1. The first kappa shape index (κ1) is 18.1. The van der Waals surface area contributed by atoms with Gasteiger partial charge in [-0.1, -0.05) is 11.6 Å². The highest BCUT2D eigenvalue weighted by molar-refractivity contribution is 6.31. The minimum absolute atomic E-state index is 0. The summed E-state index contributed by atoms with van der Waals surface area (Å²) in [5.74, 6) is 0.722. The Labute approximate surface area is 137 Å². The number of nitrogens with zero attached hydrogens (tertiary/aromatic N) is 1. The normalized spacial score (nSPS) is 18.0. The number of hydrogen-bond acceptors (Lipinski definition) is 3. The van der Waals surface area contributed by atoms with Crippen LogP contribution in [0.1, 0.15) is 18.4 Å². The Morgan fingerprint density at radius 1 is 1.52 bits per heavy atom. The molecule has 1 aliphatic heterocycles. The molecule has 0 spiro atoms. The van der Waals surface area contributed by atoms with Crippen molar-refractivity contribution in [3.63, 3.8) is 0 Å². The molecule has 1 aromatic rings. The van der Waals surface area contributed by atoms with Crippen molar-refractivity contribution >= 4 is 29.9 Å². The van der Waals surface area contributed by atoms with Crippen LogP contribution in [0.15, 0.2) is 18.2 Å². The van der Waals surface area contributed by atoms with Crippen molar-refractivity contribution in [3.05, 3.63) is 28.8 Å². The summed E-state index contributed by atoms with van der Waals surface area (Å²) in [5, 5.41) is 3.93. The first-order valence-corrected chi connectivity index (χ1v) is 7.32. The summed E-state index contributed by atoms with van der Waals surface area (Å²) >= 11 is 5.96. The van der Waals surface area contributed by atoms with Gasteiger partial charge in [-0.15, -0.1) is 12.4 Å². The molecule has 0 radical (unpaired) electrons. The number of hydrogen-bond donors (Lipinski definition) is 1. The molecule has 1 atom stereocenters. The lowest BCUT2D eigenvalue weighted by Crippen LogP contribution is -2.48. The summed E-state index contributed by atoms with van der Waals surface area (Å²) in [6.07, 6.45) is 2.16. The number of likely N-dealkylation sites (N-methyl/N-ethyl adjacent to an activating group) is 1. The molecule has 1 heterocycles. The minimum atomic E-state index is 0. The molecule has 21 heavy (non-hydrogen) atoms. The smallest absolute Gasteiger partial charge is 0.260 e. The summed E-state index contributed by atoms with van der Waals surface area (Å²) in [6.45, 7) is 3.58. The zero-order valence-electron chi connectivity index (χ0n) is 12.4. The van der Waals surface area contributed by atoms with Gasteiger partial charge < -0.3 is 15.0 Å². The Kier molecular flexibility index (Phi) is 7.29. The predicted molar refractivity (Wildman–Crippen MR) is 87.6 cm³/mol. The zero-order chi connectivity index (χ0) is 14.5. The quantitative estimate of drug-likeness (QED) is 0.921. The van der Waals surface area contributed by atoms with Gasteiger partial charge in [0.15, 0.2) is 6.61 Å². The van der Waals surface area contributed by atoms with Crippen LogP contribution in [0.4, 0.5) is 0 Å². The summed E-state index contributed by atoms with van der Waals surface area (Å²) in [5.41, 5.74) is 0.949. The van der Waals surface area contributed by atoms with E-state index in [9.17, 15) is 4.79 Å². The van der Waals surface area contributed by atoms with E-state index in [2.05, 4.69) is 5.32 Å². The molecule has 0 bridgehead atoms. The van der Waals surface area contributed by atoms with Crippen LogP contribution < -0.4 is 10.1 Å². The molecule has 1 saturated heterocycles. The van der Waals surface area contributed by atoms with Crippen LogP contribution in [0, 0.1) is 6.92 Å². The fraction of sp³-hybridized carbons (Fsp3) is 0.533. The predicted octanol–water partition coefficient (Wildman–Crippen LogP) is 2.66. The van der Waals surface area contributed by atoms with Crippen molar-refractivity contribution in [1.29, 1.82) is 0 Å². The molecule has 1 unspecified atom stereocenters. The molecule has 4 nitrogen and oxygen atoms in total. The molecular weight excluding hydrogens is 311 g/mol. The third-order valence-corrected chi connectivity index (χ3v) is 4.10. The Bertz CT molecular complexity index is 483. The van der Waals surface area contributed by atoms with Gasteiger partial charge in [-0.3, -0.25) is 4.79 Å². The van der Waals surface area contributed by atoms with Gasteiger partial charge in [0.2, 0.25) is 0 Å². The molecule has 0 aliphatic carbocycles. The molecule has 1 aromatic carbocycles. The number of aryl methyl sites for hydroxylation is 1. The highest BCUT2D eigenvalue weighted by atomic mass is 35.5. The second-order valence-electron chi connectivity index (χ2n) is 5.17. The number of piperidine rings is 1. The van der Waals surface area contributed by atoms with Crippen molar-refractivity contribution in [2.45, 2.75) is 25.8 Å². The maximum atomic E-state index is 12.1. The van der Waals surface area contributed by atoms with E-state index < -0.39 is 0 Å². The van der Waals surface area contributed by atoms with Crippen molar-refractivity contribution in [3.8, 4) is 5.75 Å². The van der Waals surface area contributed by atoms with Crippen molar-refractivity contribution in [1.82, 2.24) is 10.2 Å². The molecule has 1 fully saturated rings. The van der Waals surface area contributed by atoms with Gasteiger partial charge in [0.1, 0.15) is 5.75 Å². The van der Waals surface area contributed by atoms with E-state index in [0.29, 0.717) is 16.8 Å². The van der Waals surface area contributed by atoms with Gasteiger partial charge in [0.25, 0.3) is 5.91 Å². The van der Waals surface area contributed by atoms with Crippen molar-refractivity contribution in [2.75, 3.05) is 26.7 Å². The van der Waals surface area contributed by atoms with Crippen LogP contribution in [0.25, 0.3) is 0 Å². The third-order valence-electron chi connectivity index (χ3n) is 3.67. The topological polar surface area (TPSA) is 41.6 Å². The Morgan fingerprint density at radius 2 is 2.29 bits per heavy atom. The number of halogens is 2. The molecule has 118 valence electrons.